The van der Waals surface area contributed by atoms with Gasteiger partial charge in [-0.15, -0.1) is 10.2 Å². The summed E-state index contributed by atoms with van der Waals surface area (Å²) in [7, 11) is 0. The summed E-state index contributed by atoms with van der Waals surface area (Å²) in [5, 5.41) is 12.8. The number of pyridine rings is 1. The Hall–Kier alpha value is -2.74. The molecule has 0 spiro atoms. The topological polar surface area (TPSA) is 82.1 Å². The maximum absolute atomic E-state index is 5.79. The molecule has 1 atom stereocenters. The zero-order valence-corrected chi connectivity index (χ0v) is 15.0. The van der Waals surface area contributed by atoms with Crippen molar-refractivity contribution >= 4 is 0 Å². The number of hydrogen-bond acceptors (Lipinski definition) is 7. The molecule has 0 saturated heterocycles. The van der Waals surface area contributed by atoms with Gasteiger partial charge < -0.3 is 13.8 Å². The van der Waals surface area contributed by atoms with Crippen LogP contribution in [0.2, 0.25) is 0 Å². The van der Waals surface area contributed by atoms with Gasteiger partial charge in [-0.25, -0.2) is 0 Å². The number of ether oxygens (including phenoxy) is 1. The molecule has 0 N–H and O–H groups in total. The number of fused-ring (bicyclic) bond motifs is 1. The summed E-state index contributed by atoms with van der Waals surface area (Å²) in [4.78, 5) is 6.46. The maximum atomic E-state index is 5.79. The van der Waals surface area contributed by atoms with Crippen LogP contribution in [0.15, 0.2) is 35.1 Å². The van der Waals surface area contributed by atoms with E-state index in [0.29, 0.717) is 12.6 Å². The first-order chi connectivity index (χ1) is 12.7. The second kappa shape index (κ2) is 7.25. The van der Waals surface area contributed by atoms with Crippen molar-refractivity contribution in [1.82, 2.24) is 29.8 Å². The van der Waals surface area contributed by atoms with E-state index in [1.807, 2.05) is 25.1 Å². The van der Waals surface area contributed by atoms with Gasteiger partial charge in [0.15, 0.2) is 5.82 Å². The van der Waals surface area contributed by atoms with Gasteiger partial charge in [0.2, 0.25) is 0 Å². The van der Waals surface area contributed by atoms with Crippen LogP contribution in [0.5, 0.6) is 5.75 Å². The first-order valence-corrected chi connectivity index (χ1v) is 8.79. The molecule has 1 unspecified atom stereocenters. The average molecular weight is 354 g/mol. The van der Waals surface area contributed by atoms with E-state index in [0.717, 1.165) is 54.9 Å². The third kappa shape index (κ3) is 3.60. The van der Waals surface area contributed by atoms with Gasteiger partial charge in [0, 0.05) is 44.4 Å². The lowest BCUT2D eigenvalue weighted by molar-refractivity contribution is 0.195. The zero-order chi connectivity index (χ0) is 17.9. The standard InChI is InChI=1S/C18H22N6O2/c1-13-8-17-20-21-18(12-25-16-4-3-5-19-10-16)24(17)7-6-23(13)11-15-9-14(2)26-22-15/h3-5,9-10,13H,6-8,11-12H2,1-2H3. The molecule has 3 aromatic heterocycles. The summed E-state index contributed by atoms with van der Waals surface area (Å²) in [6, 6.07) is 6.08. The van der Waals surface area contributed by atoms with Gasteiger partial charge in [-0.2, -0.15) is 0 Å². The number of aryl methyl sites for hydroxylation is 1. The van der Waals surface area contributed by atoms with Crippen LogP contribution in [0.25, 0.3) is 0 Å². The fourth-order valence-electron chi connectivity index (χ4n) is 3.25. The van der Waals surface area contributed by atoms with E-state index in [2.05, 4.69) is 36.7 Å². The van der Waals surface area contributed by atoms with E-state index in [4.69, 9.17) is 9.26 Å². The van der Waals surface area contributed by atoms with Gasteiger partial charge in [-0.05, 0) is 26.0 Å². The van der Waals surface area contributed by atoms with Gasteiger partial charge in [0.1, 0.15) is 23.9 Å². The van der Waals surface area contributed by atoms with Crippen LogP contribution < -0.4 is 4.74 Å². The number of hydrogen-bond donors (Lipinski definition) is 0. The highest BCUT2D eigenvalue weighted by atomic mass is 16.5. The molecule has 26 heavy (non-hydrogen) atoms. The van der Waals surface area contributed by atoms with E-state index in [1.165, 1.54) is 0 Å². The second-order valence-corrected chi connectivity index (χ2v) is 6.61. The van der Waals surface area contributed by atoms with Gasteiger partial charge in [0.05, 0.1) is 11.9 Å². The van der Waals surface area contributed by atoms with Gasteiger partial charge in [-0.1, -0.05) is 5.16 Å². The average Bonchev–Trinajstić information content (AvgIpc) is 3.19. The molecule has 8 heteroatoms. The Morgan fingerprint density at radius 2 is 2.23 bits per heavy atom. The number of aromatic nitrogens is 5. The molecule has 3 aromatic rings. The van der Waals surface area contributed by atoms with Crippen LogP contribution in [-0.2, 0) is 26.1 Å². The summed E-state index contributed by atoms with van der Waals surface area (Å²) in [5.41, 5.74) is 0.965. The second-order valence-electron chi connectivity index (χ2n) is 6.61. The molecule has 0 radical (unpaired) electrons. The SMILES string of the molecule is Cc1cc(CN2CCn3c(COc4cccnc4)nnc3CC2C)no1. The van der Waals surface area contributed by atoms with Crippen LogP contribution in [-0.4, -0.2) is 42.4 Å². The van der Waals surface area contributed by atoms with E-state index >= 15 is 0 Å². The molecule has 0 bridgehead atoms. The highest BCUT2D eigenvalue weighted by Gasteiger charge is 2.24. The monoisotopic (exact) mass is 354 g/mol. The van der Waals surface area contributed by atoms with Crippen molar-refractivity contribution in [2.45, 2.75) is 46.0 Å². The number of nitrogens with zero attached hydrogens (tertiary/aromatic N) is 6. The Bertz CT molecular complexity index is 860. The molecule has 0 saturated carbocycles. The van der Waals surface area contributed by atoms with Crippen LogP contribution in [0.4, 0.5) is 0 Å². The maximum Gasteiger partial charge on any atom is 0.171 e. The Labute approximate surface area is 151 Å². The lowest BCUT2D eigenvalue weighted by Gasteiger charge is -2.25. The van der Waals surface area contributed by atoms with E-state index < -0.39 is 0 Å². The van der Waals surface area contributed by atoms with Gasteiger partial charge in [0.25, 0.3) is 0 Å². The fraction of sp³-hybridized carbons (Fsp3) is 0.444. The lowest BCUT2D eigenvalue weighted by atomic mass is 10.2. The summed E-state index contributed by atoms with van der Waals surface area (Å²) >= 11 is 0. The van der Waals surface area contributed by atoms with Crippen molar-refractivity contribution in [3.63, 3.8) is 0 Å². The van der Waals surface area contributed by atoms with Crippen molar-refractivity contribution in [1.29, 1.82) is 0 Å². The third-order valence-corrected chi connectivity index (χ3v) is 4.66. The normalized spacial score (nSPS) is 17.7. The van der Waals surface area contributed by atoms with Crippen molar-refractivity contribution < 1.29 is 9.26 Å². The summed E-state index contributed by atoms with van der Waals surface area (Å²) < 4.78 is 13.1. The Morgan fingerprint density at radius 1 is 1.31 bits per heavy atom. The fourth-order valence-corrected chi connectivity index (χ4v) is 3.25. The minimum atomic E-state index is 0.351. The largest absolute Gasteiger partial charge is 0.484 e. The highest BCUT2D eigenvalue weighted by Crippen LogP contribution is 2.18. The van der Waals surface area contributed by atoms with E-state index in [1.54, 1.807) is 12.4 Å². The predicted octanol–water partition coefficient (Wildman–Crippen LogP) is 2.00. The molecular formula is C18H22N6O2. The minimum absolute atomic E-state index is 0.351. The first-order valence-electron chi connectivity index (χ1n) is 8.79. The van der Waals surface area contributed by atoms with Gasteiger partial charge in [-0.3, -0.25) is 9.88 Å². The van der Waals surface area contributed by atoms with Crippen LogP contribution in [0, 0.1) is 6.92 Å². The van der Waals surface area contributed by atoms with E-state index in [-0.39, 0.29) is 0 Å². The minimum Gasteiger partial charge on any atom is -0.484 e. The van der Waals surface area contributed by atoms with Crippen LogP contribution in [0.1, 0.15) is 30.0 Å². The molecule has 0 aliphatic carbocycles. The third-order valence-electron chi connectivity index (χ3n) is 4.66. The molecule has 0 fully saturated rings. The molecule has 1 aliphatic rings. The molecule has 136 valence electrons. The Balaban J connectivity index is 1.44. The molecular weight excluding hydrogens is 332 g/mol. The molecule has 0 aromatic carbocycles. The lowest BCUT2D eigenvalue weighted by Crippen LogP contribution is -2.34. The van der Waals surface area contributed by atoms with Crippen molar-refractivity contribution in [2.24, 2.45) is 0 Å². The van der Waals surface area contributed by atoms with Crippen LogP contribution >= 0.6 is 0 Å². The predicted molar refractivity (Wildman–Crippen MR) is 93.4 cm³/mol. The number of rotatable bonds is 5. The molecule has 0 amide bonds. The first kappa shape index (κ1) is 16.7. The molecule has 8 nitrogen and oxygen atoms in total. The Kier molecular flexibility index (Phi) is 4.66. The van der Waals surface area contributed by atoms with Crippen molar-refractivity contribution in [3.8, 4) is 5.75 Å². The molecule has 4 rings (SSSR count). The molecule has 1 aliphatic heterocycles. The molecule has 4 heterocycles. The van der Waals surface area contributed by atoms with Crippen molar-refractivity contribution in [2.75, 3.05) is 6.54 Å². The summed E-state index contributed by atoms with van der Waals surface area (Å²) in [6.07, 6.45) is 4.27. The smallest absolute Gasteiger partial charge is 0.171 e. The Morgan fingerprint density at radius 3 is 3.00 bits per heavy atom. The highest BCUT2D eigenvalue weighted by molar-refractivity contribution is 5.15. The van der Waals surface area contributed by atoms with Gasteiger partial charge >= 0.3 is 0 Å². The van der Waals surface area contributed by atoms with Crippen LogP contribution in [0.3, 0.4) is 0 Å². The quantitative estimate of drug-likeness (QED) is 0.693. The zero-order valence-electron chi connectivity index (χ0n) is 15.0. The van der Waals surface area contributed by atoms with E-state index in [9.17, 15) is 0 Å². The van der Waals surface area contributed by atoms with Crippen molar-refractivity contribution in [3.05, 3.63) is 53.7 Å². The summed E-state index contributed by atoms with van der Waals surface area (Å²) in [5.74, 6) is 3.42. The summed E-state index contributed by atoms with van der Waals surface area (Å²) in [6.45, 7) is 7.02.